The number of methoxy groups -OCH3 is 3. The topological polar surface area (TPSA) is 48.0 Å². The van der Waals surface area contributed by atoms with Gasteiger partial charge in [-0.25, -0.2) is 0 Å². The summed E-state index contributed by atoms with van der Waals surface area (Å²) in [6.07, 6.45) is 0.332. The predicted molar refractivity (Wildman–Crippen MR) is 139 cm³/mol. The van der Waals surface area contributed by atoms with Gasteiger partial charge in [0.05, 0.1) is 27.9 Å². The number of hydrogen-bond acceptors (Lipinski definition) is 4. The number of fused-ring (bicyclic) bond motifs is 3. The lowest BCUT2D eigenvalue weighted by Crippen LogP contribution is -2.36. The van der Waals surface area contributed by atoms with Crippen LogP contribution in [-0.4, -0.2) is 27.2 Å². The van der Waals surface area contributed by atoms with Crippen LogP contribution >= 0.6 is 0 Å². The number of ether oxygens (including phenoxy) is 3. The molecule has 1 unspecified atom stereocenters. The van der Waals surface area contributed by atoms with Crippen LogP contribution in [0.25, 0.3) is 10.8 Å². The Balaban J connectivity index is 1.72. The Labute approximate surface area is 205 Å². The standard InChI is InChI=1S/C30H29NO4/c1-19-8-7-9-20(14-19)18-31-25-13-12-21-10-5-6-11-22(21)30(25)24(16-29(31)32)23-15-27(34-3)28(35-4)17-26(23)33-2/h5-15,17,24H,16,18H2,1-4H3. The number of benzene rings is 4. The molecular formula is C30H29NO4. The summed E-state index contributed by atoms with van der Waals surface area (Å²) in [5.74, 6) is 1.77. The molecule has 0 fully saturated rings. The van der Waals surface area contributed by atoms with Gasteiger partial charge >= 0.3 is 0 Å². The van der Waals surface area contributed by atoms with Crippen molar-refractivity contribution in [2.24, 2.45) is 0 Å². The average molecular weight is 468 g/mol. The van der Waals surface area contributed by atoms with Gasteiger partial charge in [-0.15, -0.1) is 0 Å². The van der Waals surface area contributed by atoms with Gasteiger partial charge in [0.25, 0.3) is 0 Å². The SMILES string of the molecule is COc1cc(OC)c(C2CC(=O)N(Cc3cccc(C)c3)c3ccc4ccccc4c32)cc1OC. The Kier molecular flexibility index (Phi) is 6.08. The largest absolute Gasteiger partial charge is 0.496 e. The maximum atomic E-state index is 13.7. The zero-order valence-corrected chi connectivity index (χ0v) is 20.5. The van der Waals surface area contributed by atoms with Crippen molar-refractivity contribution >= 4 is 22.4 Å². The molecule has 0 aromatic heterocycles. The molecule has 1 aliphatic rings. The second kappa shape index (κ2) is 9.34. The maximum absolute atomic E-state index is 13.7. The van der Waals surface area contributed by atoms with Gasteiger partial charge in [0.2, 0.25) is 5.91 Å². The Bertz CT molecular complexity index is 1410. The number of carbonyl (C=O) groups is 1. The van der Waals surface area contributed by atoms with Crippen LogP contribution in [0.1, 0.15) is 34.6 Å². The lowest BCUT2D eigenvalue weighted by Gasteiger charge is -2.36. The molecule has 0 radical (unpaired) electrons. The van der Waals surface area contributed by atoms with E-state index in [0.29, 0.717) is 30.2 Å². The number of carbonyl (C=O) groups excluding carboxylic acids is 1. The number of amides is 1. The fourth-order valence-corrected chi connectivity index (χ4v) is 5.16. The van der Waals surface area contributed by atoms with E-state index >= 15 is 0 Å². The molecular weight excluding hydrogens is 438 g/mol. The van der Waals surface area contributed by atoms with Crippen LogP contribution in [0, 0.1) is 6.92 Å². The highest BCUT2D eigenvalue weighted by atomic mass is 16.5. The molecule has 4 aromatic carbocycles. The first kappa shape index (κ1) is 22.8. The molecule has 1 aliphatic heterocycles. The fourth-order valence-electron chi connectivity index (χ4n) is 5.16. The van der Waals surface area contributed by atoms with E-state index in [9.17, 15) is 4.79 Å². The first-order valence-corrected chi connectivity index (χ1v) is 11.7. The van der Waals surface area contributed by atoms with Crippen LogP contribution in [0.5, 0.6) is 17.2 Å². The van der Waals surface area contributed by atoms with E-state index in [1.807, 2.05) is 35.2 Å². The molecule has 0 saturated carbocycles. The van der Waals surface area contributed by atoms with Gasteiger partial charge in [-0.05, 0) is 41.0 Å². The van der Waals surface area contributed by atoms with E-state index < -0.39 is 0 Å². The normalized spacial score (nSPS) is 15.1. The van der Waals surface area contributed by atoms with Crippen molar-refractivity contribution < 1.29 is 19.0 Å². The molecule has 1 amide bonds. The fraction of sp³-hybridized carbons (Fsp3) is 0.233. The summed E-state index contributed by atoms with van der Waals surface area (Å²) in [6.45, 7) is 2.60. The average Bonchev–Trinajstić information content (AvgIpc) is 2.89. The summed E-state index contributed by atoms with van der Waals surface area (Å²) in [5.41, 5.74) is 5.26. The highest BCUT2D eigenvalue weighted by Gasteiger charge is 2.35. The van der Waals surface area contributed by atoms with E-state index in [0.717, 1.165) is 33.2 Å². The van der Waals surface area contributed by atoms with Crippen molar-refractivity contribution in [3.05, 3.63) is 95.1 Å². The number of hydrogen-bond donors (Lipinski definition) is 0. The maximum Gasteiger partial charge on any atom is 0.228 e. The highest BCUT2D eigenvalue weighted by molar-refractivity contribution is 6.03. The predicted octanol–water partition coefficient (Wildman–Crippen LogP) is 6.24. The molecule has 5 rings (SSSR count). The third kappa shape index (κ3) is 4.08. The molecule has 178 valence electrons. The van der Waals surface area contributed by atoms with Crippen molar-refractivity contribution in [1.82, 2.24) is 0 Å². The zero-order chi connectivity index (χ0) is 24.5. The van der Waals surface area contributed by atoms with Crippen molar-refractivity contribution in [2.75, 3.05) is 26.2 Å². The summed E-state index contributed by atoms with van der Waals surface area (Å²) in [5, 5.41) is 2.27. The van der Waals surface area contributed by atoms with E-state index in [1.165, 1.54) is 5.56 Å². The van der Waals surface area contributed by atoms with E-state index in [1.54, 1.807) is 21.3 Å². The molecule has 0 bridgehead atoms. The minimum Gasteiger partial charge on any atom is -0.496 e. The molecule has 0 aliphatic carbocycles. The molecule has 0 N–H and O–H groups in total. The Morgan fingerprint density at radius 2 is 1.57 bits per heavy atom. The van der Waals surface area contributed by atoms with Gasteiger partial charge in [0.15, 0.2) is 11.5 Å². The molecule has 5 heteroatoms. The summed E-state index contributed by atoms with van der Waals surface area (Å²) >= 11 is 0. The zero-order valence-electron chi connectivity index (χ0n) is 20.5. The number of nitrogens with zero attached hydrogens (tertiary/aromatic N) is 1. The van der Waals surface area contributed by atoms with Crippen LogP contribution in [0.3, 0.4) is 0 Å². The Morgan fingerprint density at radius 3 is 2.31 bits per heavy atom. The van der Waals surface area contributed by atoms with Gasteiger partial charge in [-0.2, -0.15) is 0 Å². The summed E-state index contributed by atoms with van der Waals surface area (Å²) in [7, 11) is 4.86. The van der Waals surface area contributed by atoms with Crippen molar-refractivity contribution in [2.45, 2.75) is 25.8 Å². The molecule has 1 heterocycles. The second-order valence-electron chi connectivity index (χ2n) is 8.89. The lowest BCUT2D eigenvalue weighted by atomic mass is 9.80. The third-order valence-electron chi connectivity index (χ3n) is 6.80. The quantitative estimate of drug-likeness (QED) is 0.337. The van der Waals surface area contributed by atoms with Crippen molar-refractivity contribution in [1.29, 1.82) is 0 Å². The first-order valence-electron chi connectivity index (χ1n) is 11.7. The molecule has 4 aromatic rings. The van der Waals surface area contributed by atoms with Crippen molar-refractivity contribution in [3.63, 3.8) is 0 Å². The molecule has 5 nitrogen and oxygen atoms in total. The third-order valence-corrected chi connectivity index (χ3v) is 6.80. The highest BCUT2D eigenvalue weighted by Crippen LogP contribution is 2.49. The van der Waals surface area contributed by atoms with Crippen LogP contribution in [0.2, 0.25) is 0 Å². The Morgan fingerprint density at radius 1 is 0.829 bits per heavy atom. The summed E-state index contributed by atoms with van der Waals surface area (Å²) < 4.78 is 16.9. The minimum absolute atomic E-state index is 0.0797. The van der Waals surface area contributed by atoms with Gasteiger partial charge in [0, 0.05) is 29.7 Å². The van der Waals surface area contributed by atoms with Crippen LogP contribution in [0.15, 0.2) is 72.8 Å². The minimum atomic E-state index is -0.188. The lowest BCUT2D eigenvalue weighted by molar-refractivity contribution is -0.119. The first-order chi connectivity index (χ1) is 17.0. The van der Waals surface area contributed by atoms with Gasteiger partial charge in [-0.1, -0.05) is 60.2 Å². The van der Waals surface area contributed by atoms with Crippen molar-refractivity contribution in [3.8, 4) is 17.2 Å². The Hall–Kier alpha value is -3.99. The van der Waals surface area contributed by atoms with E-state index in [-0.39, 0.29) is 11.8 Å². The van der Waals surface area contributed by atoms with Gasteiger partial charge in [-0.3, -0.25) is 4.79 Å². The van der Waals surface area contributed by atoms with Crippen LogP contribution < -0.4 is 19.1 Å². The van der Waals surface area contributed by atoms with Gasteiger partial charge < -0.3 is 19.1 Å². The summed E-state index contributed by atoms with van der Waals surface area (Å²) in [4.78, 5) is 15.6. The monoisotopic (exact) mass is 467 g/mol. The molecule has 0 saturated heterocycles. The van der Waals surface area contributed by atoms with Gasteiger partial charge in [0.1, 0.15) is 5.75 Å². The molecule has 35 heavy (non-hydrogen) atoms. The molecule has 0 spiro atoms. The number of rotatable bonds is 6. The van der Waals surface area contributed by atoms with Crippen LogP contribution in [-0.2, 0) is 11.3 Å². The summed E-state index contributed by atoms with van der Waals surface area (Å²) in [6, 6.07) is 24.6. The number of aryl methyl sites for hydroxylation is 1. The van der Waals surface area contributed by atoms with E-state index in [2.05, 4.69) is 49.4 Å². The number of anilines is 1. The second-order valence-corrected chi connectivity index (χ2v) is 8.89. The van der Waals surface area contributed by atoms with Crippen LogP contribution in [0.4, 0.5) is 5.69 Å². The smallest absolute Gasteiger partial charge is 0.228 e. The van der Waals surface area contributed by atoms with E-state index in [4.69, 9.17) is 14.2 Å². The molecule has 1 atom stereocenters.